The Morgan fingerprint density at radius 2 is 2.15 bits per heavy atom. The predicted octanol–water partition coefficient (Wildman–Crippen LogP) is 3.86. The van der Waals surface area contributed by atoms with Gasteiger partial charge in [-0.15, -0.1) is 0 Å². The zero-order chi connectivity index (χ0) is 18.3. The molecule has 26 heavy (non-hydrogen) atoms. The van der Waals surface area contributed by atoms with Gasteiger partial charge in [-0.1, -0.05) is 30.4 Å². The van der Waals surface area contributed by atoms with Gasteiger partial charge in [0.05, 0.1) is 12.0 Å². The lowest BCUT2D eigenvalue weighted by molar-refractivity contribution is -0.134. The largest absolute Gasteiger partial charge is 0.466 e. The molecule has 1 aromatic rings. The summed E-state index contributed by atoms with van der Waals surface area (Å²) in [6.07, 6.45) is 9.35. The fourth-order valence-corrected chi connectivity index (χ4v) is 5.53. The van der Waals surface area contributed by atoms with Crippen LogP contribution in [0.5, 0.6) is 0 Å². The first-order chi connectivity index (χ1) is 12.5. The fraction of sp³-hybridized carbons (Fsp3) is 0.421. The van der Waals surface area contributed by atoms with Crippen molar-refractivity contribution in [2.75, 3.05) is 7.11 Å². The van der Waals surface area contributed by atoms with E-state index in [4.69, 9.17) is 16.6 Å². The second-order valence-electron chi connectivity index (χ2n) is 6.89. The Morgan fingerprint density at radius 1 is 1.35 bits per heavy atom. The lowest BCUT2D eigenvalue weighted by Gasteiger charge is -2.30. The second-order valence-corrected chi connectivity index (χ2v) is 8.57. The molecule has 5 nitrogen and oxygen atoms in total. The van der Waals surface area contributed by atoms with E-state index in [1.54, 1.807) is 18.2 Å². The van der Waals surface area contributed by atoms with Gasteiger partial charge in [0, 0.05) is 18.2 Å². The van der Waals surface area contributed by atoms with Gasteiger partial charge >= 0.3 is 5.97 Å². The molecule has 2 bridgehead atoms. The summed E-state index contributed by atoms with van der Waals surface area (Å²) in [7, 11) is 1.32. The molecule has 3 atom stereocenters. The average Bonchev–Trinajstić information content (AvgIpc) is 3.39. The van der Waals surface area contributed by atoms with Crippen LogP contribution in [0.1, 0.15) is 37.2 Å². The summed E-state index contributed by atoms with van der Waals surface area (Å²) in [6.45, 7) is 0. The third-order valence-corrected chi connectivity index (χ3v) is 6.69. The molecule has 2 aliphatic carbocycles. The molecule has 2 saturated carbocycles. The number of esters is 1. The lowest BCUT2D eigenvalue weighted by atomic mass is 9.94. The van der Waals surface area contributed by atoms with E-state index in [1.165, 1.54) is 50.3 Å². The molecule has 3 fully saturated rings. The minimum absolute atomic E-state index is 0.0133. The van der Waals surface area contributed by atoms with E-state index in [0.717, 1.165) is 12.3 Å². The molecule has 0 spiro atoms. The highest BCUT2D eigenvalue weighted by Crippen LogP contribution is 2.49. The molecule has 1 aromatic heterocycles. The van der Waals surface area contributed by atoms with Crippen LogP contribution in [0.2, 0.25) is 0 Å². The summed E-state index contributed by atoms with van der Waals surface area (Å²) in [4.78, 5) is 26.4. The lowest BCUT2D eigenvalue weighted by Crippen LogP contribution is -2.41. The van der Waals surface area contributed by atoms with E-state index >= 15 is 0 Å². The van der Waals surface area contributed by atoms with Gasteiger partial charge in [0.2, 0.25) is 0 Å². The number of hydrogen-bond donors (Lipinski definition) is 0. The topological polar surface area (TPSA) is 59.8 Å². The van der Waals surface area contributed by atoms with Crippen LogP contribution >= 0.6 is 24.0 Å². The molecule has 1 amide bonds. The average molecular weight is 389 g/mol. The molecule has 0 aromatic carbocycles. The standard InChI is InChI=1S/C19H19NO4S2/c1-23-17(21)7-6-13-4-5-14(24-13)10-16-18(22)20(19(25)26-16)15-9-11-2-3-12(15)8-11/h4-7,10-12,15H,2-3,8-9H2,1H3/b7-6+,16-10-. The Morgan fingerprint density at radius 3 is 2.85 bits per heavy atom. The summed E-state index contributed by atoms with van der Waals surface area (Å²) in [6, 6.07) is 3.77. The van der Waals surface area contributed by atoms with E-state index in [0.29, 0.717) is 26.7 Å². The number of fused-ring (bicyclic) bond motifs is 2. The Labute approximate surface area is 161 Å². The highest BCUT2D eigenvalue weighted by atomic mass is 32.2. The predicted molar refractivity (Wildman–Crippen MR) is 104 cm³/mol. The number of ether oxygens (including phenoxy) is 1. The fourth-order valence-electron chi connectivity index (χ4n) is 4.18. The molecular weight excluding hydrogens is 370 g/mol. The van der Waals surface area contributed by atoms with Crippen LogP contribution in [0.25, 0.3) is 12.2 Å². The summed E-state index contributed by atoms with van der Waals surface area (Å²) in [5.41, 5.74) is 0. The van der Waals surface area contributed by atoms with Gasteiger partial charge in [-0.25, -0.2) is 4.79 Å². The third-order valence-electron chi connectivity index (χ3n) is 5.36. The minimum Gasteiger partial charge on any atom is -0.466 e. The van der Waals surface area contributed by atoms with Gasteiger partial charge in [0.1, 0.15) is 15.8 Å². The van der Waals surface area contributed by atoms with E-state index in [-0.39, 0.29) is 11.9 Å². The summed E-state index contributed by atoms with van der Waals surface area (Å²) in [5.74, 6) is 1.97. The summed E-state index contributed by atoms with van der Waals surface area (Å²) >= 11 is 6.82. The number of carbonyl (C=O) groups excluding carboxylic acids is 2. The number of carbonyl (C=O) groups is 2. The van der Waals surface area contributed by atoms with Gasteiger partial charge in [0.25, 0.3) is 5.91 Å². The quantitative estimate of drug-likeness (QED) is 0.443. The van der Waals surface area contributed by atoms with Crippen molar-refractivity contribution in [1.82, 2.24) is 4.90 Å². The molecule has 1 aliphatic heterocycles. The Hall–Kier alpha value is -1.86. The molecule has 0 N–H and O–H groups in total. The summed E-state index contributed by atoms with van der Waals surface area (Å²) in [5, 5.41) is 0. The van der Waals surface area contributed by atoms with Crippen molar-refractivity contribution in [1.29, 1.82) is 0 Å². The number of hydrogen-bond acceptors (Lipinski definition) is 6. The van der Waals surface area contributed by atoms with Crippen LogP contribution in [-0.4, -0.2) is 34.2 Å². The molecule has 1 saturated heterocycles. The minimum atomic E-state index is -0.449. The molecule has 7 heteroatoms. The first kappa shape index (κ1) is 17.5. The smallest absolute Gasteiger partial charge is 0.330 e. The summed E-state index contributed by atoms with van der Waals surface area (Å²) < 4.78 is 10.8. The van der Waals surface area contributed by atoms with Gasteiger partial charge in [-0.2, -0.15) is 0 Å². The van der Waals surface area contributed by atoms with E-state index < -0.39 is 5.97 Å². The number of methoxy groups -OCH3 is 1. The number of amides is 1. The number of rotatable bonds is 4. The third kappa shape index (κ3) is 3.25. The van der Waals surface area contributed by atoms with Crippen molar-refractivity contribution < 1.29 is 18.7 Å². The van der Waals surface area contributed by atoms with Crippen molar-refractivity contribution in [3.8, 4) is 0 Å². The monoisotopic (exact) mass is 389 g/mol. The molecular formula is C19H19NO4S2. The first-order valence-electron chi connectivity index (χ1n) is 8.68. The molecule has 2 heterocycles. The number of thiocarbonyl (C=S) groups is 1. The van der Waals surface area contributed by atoms with Crippen molar-refractivity contribution in [3.63, 3.8) is 0 Å². The first-order valence-corrected chi connectivity index (χ1v) is 9.90. The van der Waals surface area contributed by atoms with Crippen LogP contribution in [-0.2, 0) is 14.3 Å². The maximum absolute atomic E-state index is 12.9. The molecule has 4 rings (SSSR count). The van der Waals surface area contributed by atoms with Crippen LogP contribution in [0.3, 0.4) is 0 Å². The van der Waals surface area contributed by atoms with E-state index in [2.05, 4.69) is 4.74 Å². The van der Waals surface area contributed by atoms with Crippen molar-refractivity contribution >= 4 is 52.3 Å². The number of nitrogens with zero attached hydrogens (tertiary/aromatic N) is 1. The highest BCUT2D eigenvalue weighted by Gasteiger charge is 2.47. The van der Waals surface area contributed by atoms with Gasteiger partial charge in [-0.05, 0) is 49.3 Å². The van der Waals surface area contributed by atoms with Gasteiger partial charge in [0.15, 0.2) is 0 Å². The van der Waals surface area contributed by atoms with Crippen molar-refractivity contribution in [3.05, 3.63) is 34.6 Å². The molecule has 136 valence electrons. The molecule has 0 radical (unpaired) electrons. The molecule has 3 unspecified atom stereocenters. The van der Waals surface area contributed by atoms with Crippen molar-refractivity contribution in [2.45, 2.75) is 31.7 Å². The van der Waals surface area contributed by atoms with Gasteiger partial charge < -0.3 is 9.15 Å². The number of furan rings is 1. The zero-order valence-electron chi connectivity index (χ0n) is 14.3. The van der Waals surface area contributed by atoms with Crippen LogP contribution in [0.15, 0.2) is 27.5 Å². The van der Waals surface area contributed by atoms with Crippen LogP contribution < -0.4 is 0 Å². The van der Waals surface area contributed by atoms with E-state index in [9.17, 15) is 9.59 Å². The zero-order valence-corrected chi connectivity index (χ0v) is 16.0. The highest BCUT2D eigenvalue weighted by molar-refractivity contribution is 8.26. The SMILES string of the molecule is COC(=O)/C=C/c1ccc(/C=C2\SC(=S)N(C3CC4CCC3C4)C2=O)o1. The second kappa shape index (κ2) is 7.04. The Bertz CT molecular complexity index is 825. The Balaban J connectivity index is 1.49. The maximum Gasteiger partial charge on any atom is 0.330 e. The number of thioether (sulfide) groups is 1. The molecule has 3 aliphatic rings. The van der Waals surface area contributed by atoms with Crippen LogP contribution in [0, 0.1) is 11.8 Å². The van der Waals surface area contributed by atoms with Crippen LogP contribution in [0.4, 0.5) is 0 Å². The maximum atomic E-state index is 12.9. The van der Waals surface area contributed by atoms with Crippen molar-refractivity contribution in [2.24, 2.45) is 11.8 Å². The normalized spacial score (nSPS) is 29.5. The van der Waals surface area contributed by atoms with E-state index in [1.807, 2.05) is 4.90 Å². The Kier molecular flexibility index (Phi) is 4.75. The van der Waals surface area contributed by atoms with Gasteiger partial charge in [-0.3, -0.25) is 9.69 Å².